The highest BCUT2D eigenvalue weighted by atomic mass is 35.5. The van der Waals surface area contributed by atoms with E-state index in [0.717, 1.165) is 39.1 Å². The van der Waals surface area contributed by atoms with E-state index in [4.69, 9.17) is 28.9 Å². The Labute approximate surface area is 169 Å². The van der Waals surface area contributed by atoms with Gasteiger partial charge in [0.1, 0.15) is 4.84 Å². The molecule has 6 heteroatoms. The minimum atomic E-state index is -0.540. The third-order valence-corrected chi connectivity index (χ3v) is 5.82. The predicted molar refractivity (Wildman–Crippen MR) is 117 cm³/mol. The minimum Gasteiger partial charge on any atom is -0.377 e. The summed E-state index contributed by atoms with van der Waals surface area (Å²) in [7, 11) is 0. The molecular weight excluding hydrogens is 385 g/mol. The lowest BCUT2D eigenvalue weighted by molar-refractivity contribution is 1.13. The number of hydrogen-bond acceptors (Lipinski definition) is 3. The van der Waals surface area contributed by atoms with Crippen LogP contribution in [0.2, 0.25) is 0 Å². The van der Waals surface area contributed by atoms with E-state index in [1.54, 1.807) is 6.21 Å². The molecule has 0 radical (unpaired) electrons. The Morgan fingerprint density at radius 1 is 1.04 bits per heavy atom. The standard InChI is InChI=1S/C20H23Cl2N3S/c1-12-14(3)18(19(21)22)15(4)13(2)17(12)10-24-25-20(23)26-11-16-8-6-5-7-9-16/h5-10,19H,11H2,1-4H3,(H2,23,25). The van der Waals surface area contributed by atoms with Crippen LogP contribution in [0.4, 0.5) is 0 Å². The van der Waals surface area contributed by atoms with Crippen LogP contribution in [0.15, 0.2) is 40.5 Å². The van der Waals surface area contributed by atoms with Gasteiger partial charge in [0.15, 0.2) is 5.17 Å². The van der Waals surface area contributed by atoms with E-state index in [-0.39, 0.29) is 0 Å². The molecule has 0 aromatic heterocycles. The van der Waals surface area contributed by atoms with Crippen LogP contribution >= 0.6 is 35.0 Å². The molecule has 2 N–H and O–H groups in total. The molecule has 0 aliphatic heterocycles. The lowest BCUT2D eigenvalue weighted by Gasteiger charge is -2.19. The van der Waals surface area contributed by atoms with E-state index >= 15 is 0 Å². The summed E-state index contributed by atoms with van der Waals surface area (Å²) in [5.41, 5.74) is 13.5. The van der Waals surface area contributed by atoms with E-state index < -0.39 is 4.84 Å². The maximum Gasteiger partial charge on any atom is 0.180 e. The molecule has 0 aliphatic rings. The first-order valence-electron chi connectivity index (χ1n) is 8.24. The summed E-state index contributed by atoms with van der Waals surface area (Å²) >= 11 is 13.7. The van der Waals surface area contributed by atoms with Crippen LogP contribution in [-0.4, -0.2) is 11.4 Å². The molecule has 138 valence electrons. The molecule has 0 heterocycles. The van der Waals surface area contributed by atoms with Gasteiger partial charge in [-0.3, -0.25) is 0 Å². The highest BCUT2D eigenvalue weighted by molar-refractivity contribution is 8.13. The zero-order valence-electron chi connectivity index (χ0n) is 15.4. The number of halogens is 2. The summed E-state index contributed by atoms with van der Waals surface area (Å²) in [6, 6.07) is 10.1. The van der Waals surface area contributed by atoms with E-state index in [0.29, 0.717) is 5.17 Å². The van der Waals surface area contributed by atoms with Gasteiger partial charge in [-0.05, 0) is 61.1 Å². The number of amidine groups is 1. The second-order valence-corrected chi connectivity index (χ2v) is 8.18. The van der Waals surface area contributed by atoms with Crippen molar-refractivity contribution in [1.29, 1.82) is 0 Å². The first-order valence-corrected chi connectivity index (χ1v) is 10.1. The van der Waals surface area contributed by atoms with Gasteiger partial charge in [-0.2, -0.15) is 5.10 Å². The molecule has 26 heavy (non-hydrogen) atoms. The van der Waals surface area contributed by atoms with Crippen molar-refractivity contribution >= 4 is 46.3 Å². The molecule has 3 nitrogen and oxygen atoms in total. The van der Waals surface area contributed by atoms with Crippen molar-refractivity contribution in [3.8, 4) is 0 Å². The molecule has 2 rings (SSSR count). The number of alkyl halides is 2. The summed E-state index contributed by atoms with van der Waals surface area (Å²) in [4.78, 5) is -0.540. The van der Waals surface area contributed by atoms with Crippen molar-refractivity contribution in [1.82, 2.24) is 0 Å². The number of rotatable bonds is 5. The number of nitrogens with two attached hydrogens (primary N) is 1. The van der Waals surface area contributed by atoms with Crippen molar-refractivity contribution in [3.05, 3.63) is 69.3 Å². The molecule has 0 spiro atoms. The highest BCUT2D eigenvalue weighted by Crippen LogP contribution is 2.35. The number of benzene rings is 2. The van der Waals surface area contributed by atoms with Gasteiger partial charge < -0.3 is 5.73 Å². The molecular formula is C20H23Cl2N3S. The molecule has 0 aliphatic carbocycles. The van der Waals surface area contributed by atoms with Gasteiger partial charge >= 0.3 is 0 Å². The molecule has 0 saturated heterocycles. The molecule has 0 saturated carbocycles. The van der Waals surface area contributed by atoms with Gasteiger partial charge in [-0.25, -0.2) is 0 Å². The smallest absolute Gasteiger partial charge is 0.180 e. The van der Waals surface area contributed by atoms with E-state index in [9.17, 15) is 0 Å². The average molecular weight is 408 g/mol. The van der Waals surface area contributed by atoms with E-state index in [1.165, 1.54) is 17.3 Å². The van der Waals surface area contributed by atoms with Crippen LogP contribution in [0, 0.1) is 27.7 Å². The number of thioether (sulfide) groups is 1. The topological polar surface area (TPSA) is 50.7 Å². The zero-order valence-corrected chi connectivity index (χ0v) is 17.7. The van der Waals surface area contributed by atoms with Crippen molar-refractivity contribution in [2.24, 2.45) is 15.9 Å². The quantitative estimate of drug-likeness (QED) is 0.286. The third kappa shape index (κ3) is 5.03. The van der Waals surface area contributed by atoms with Gasteiger partial charge in [0.25, 0.3) is 0 Å². The largest absolute Gasteiger partial charge is 0.377 e. The maximum atomic E-state index is 6.13. The fraction of sp³-hybridized carbons (Fsp3) is 0.300. The second kappa shape index (κ2) is 9.45. The van der Waals surface area contributed by atoms with Gasteiger partial charge in [-0.1, -0.05) is 42.1 Å². The Kier molecular flexibility index (Phi) is 7.56. The lowest BCUT2D eigenvalue weighted by atomic mass is 9.90. The maximum absolute atomic E-state index is 6.13. The molecule has 0 amide bonds. The number of nitrogens with zero attached hydrogens (tertiary/aromatic N) is 2. The average Bonchev–Trinajstić information content (AvgIpc) is 2.62. The predicted octanol–water partition coefficient (Wildman–Crippen LogP) is 5.98. The molecule has 0 fully saturated rings. The molecule has 2 aromatic rings. The van der Waals surface area contributed by atoms with Crippen molar-refractivity contribution < 1.29 is 0 Å². The first-order chi connectivity index (χ1) is 12.3. The van der Waals surface area contributed by atoms with Crippen molar-refractivity contribution in [2.75, 3.05) is 0 Å². The normalized spacial score (nSPS) is 12.3. The van der Waals surface area contributed by atoms with Crippen LogP contribution in [0.3, 0.4) is 0 Å². The number of hydrogen-bond donors (Lipinski definition) is 1. The van der Waals surface area contributed by atoms with Crippen LogP contribution in [-0.2, 0) is 5.75 Å². The van der Waals surface area contributed by atoms with E-state index in [1.807, 2.05) is 45.9 Å². The second-order valence-electron chi connectivity index (χ2n) is 6.09. The van der Waals surface area contributed by atoms with Crippen LogP contribution in [0.5, 0.6) is 0 Å². The SMILES string of the molecule is Cc1c(C)c(C(Cl)Cl)c(C)c(C)c1C=NN=C(N)SCc1ccccc1. The molecule has 0 unspecified atom stereocenters. The van der Waals surface area contributed by atoms with E-state index in [2.05, 4.69) is 22.3 Å². The summed E-state index contributed by atoms with van der Waals surface area (Å²) in [6.45, 7) is 8.14. The Hall–Kier alpha value is -1.49. The monoisotopic (exact) mass is 407 g/mol. The van der Waals surface area contributed by atoms with Gasteiger partial charge in [-0.15, -0.1) is 28.3 Å². The Morgan fingerprint density at radius 3 is 2.15 bits per heavy atom. The highest BCUT2D eigenvalue weighted by Gasteiger charge is 2.17. The van der Waals surface area contributed by atoms with Gasteiger partial charge in [0, 0.05) is 11.3 Å². The lowest BCUT2D eigenvalue weighted by Crippen LogP contribution is -2.07. The minimum absolute atomic E-state index is 0.437. The molecule has 2 aromatic carbocycles. The summed E-state index contributed by atoms with van der Waals surface area (Å²) in [6.07, 6.45) is 1.75. The van der Waals surface area contributed by atoms with Crippen LogP contribution < -0.4 is 5.73 Å². The summed E-state index contributed by atoms with van der Waals surface area (Å²) in [5.74, 6) is 0.767. The molecule has 0 atom stereocenters. The van der Waals surface area contributed by atoms with Gasteiger partial charge in [0.05, 0.1) is 6.21 Å². The van der Waals surface area contributed by atoms with Crippen molar-refractivity contribution in [2.45, 2.75) is 38.3 Å². The zero-order chi connectivity index (χ0) is 19.3. The third-order valence-electron chi connectivity index (χ3n) is 4.53. The summed E-state index contributed by atoms with van der Waals surface area (Å²) < 4.78 is 0. The fourth-order valence-corrected chi connectivity index (χ4v) is 4.06. The van der Waals surface area contributed by atoms with Crippen molar-refractivity contribution in [3.63, 3.8) is 0 Å². The van der Waals surface area contributed by atoms with Gasteiger partial charge in [0.2, 0.25) is 0 Å². The fourth-order valence-electron chi connectivity index (χ4n) is 2.80. The Balaban J connectivity index is 2.17. The van der Waals surface area contributed by atoms with Crippen LogP contribution in [0.1, 0.15) is 43.8 Å². The first kappa shape index (κ1) is 20.8. The van der Waals surface area contributed by atoms with Crippen LogP contribution in [0.25, 0.3) is 0 Å². The summed E-state index contributed by atoms with van der Waals surface area (Å²) in [5, 5.41) is 8.73. The Bertz CT molecular complexity index is 802. The molecule has 0 bridgehead atoms. The Morgan fingerprint density at radius 2 is 1.62 bits per heavy atom.